The molecule has 0 heterocycles. The Morgan fingerprint density at radius 3 is 1.20 bits per heavy atom. The van der Waals surface area contributed by atoms with E-state index in [1.807, 2.05) is 19.0 Å². The molecule has 0 saturated carbocycles. The highest BCUT2D eigenvalue weighted by atomic mass is 16.7. The molecule has 1 unspecified atom stereocenters. The molecule has 0 fully saturated rings. The fourth-order valence-corrected chi connectivity index (χ4v) is 6.40. The van der Waals surface area contributed by atoms with Gasteiger partial charge in [0.25, 0.3) is 0 Å². The van der Waals surface area contributed by atoms with Crippen LogP contribution in [0.2, 0.25) is 0 Å². The van der Waals surface area contributed by atoms with E-state index in [-0.39, 0.29) is 30.6 Å². The Morgan fingerprint density at radius 1 is 0.400 bits per heavy atom. The summed E-state index contributed by atoms with van der Waals surface area (Å²) in [5, 5.41) is 0. The zero-order valence-electron chi connectivity index (χ0n) is 36.2. The van der Waals surface area contributed by atoms with Crippen molar-refractivity contribution in [3.05, 3.63) is 0 Å². The van der Waals surface area contributed by atoms with E-state index in [1.54, 1.807) is 0 Å². The van der Waals surface area contributed by atoms with Gasteiger partial charge in [0.2, 0.25) is 0 Å². The van der Waals surface area contributed by atoms with Gasteiger partial charge >= 0.3 is 24.1 Å². The summed E-state index contributed by atoms with van der Waals surface area (Å²) in [5.74, 6) is -0.354. The molecule has 0 aromatic rings. The van der Waals surface area contributed by atoms with Gasteiger partial charge in [0.1, 0.15) is 6.10 Å². The molecule has 0 saturated heterocycles. The van der Waals surface area contributed by atoms with Crippen molar-refractivity contribution >= 4 is 24.1 Å². The lowest BCUT2D eigenvalue weighted by molar-refractivity contribution is -0.145. The van der Waals surface area contributed by atoms with Crippen LogP contribution in [0, 0.1) is 0 Å². The number of carbonyl (C=O) groups is 4. The molecule has 0 radical (unpaired) electrons. The molecule has 324 valence electrons. The van der Waals surface area contributed by atoms with Crippen molar-refractivity contribution in [1.82, 2.24) is 4.90 Å². The first-order valence-corrected chi connectivity index (χ1v) is 22.7. The van der Waals surface area contributed by atoms with Crippen molar-refractivity contribution in [2.45, 2.75) is 219 Å². The summed E-state index contributed by atoms with van der Waals surface area (Å²) < 4.78 is 27.2. The Hall–Kier alpha value is -2.36. The molecule has 0 aliphatic rings. The third-order valence-corrected chi connectivity index (χ3v) is 9.88. The molecule has 0 aromatic carbocycles. The number of rotatable bonds is 41. The maximum absolute atomic E-state index is 12.4. The van der Waals surface area contributed by atoms with E-state index in [0.717, 1.165) is 129 Å². The summed E-state index contributed by atoms with van der Waals surface area (Å²) in [6.07, 6.45) is 29.4. The Labute approximate surface area is 337 Å². The van der Waals surface area contributed by atoms with Gasteiger partial charge in [-0.05, 0) is 65.5 Å². The summed E-state index contributed by atoms with van der Waals surface area (Å²) in [4.78, 5) is 50.5. The molecule has 0 aliphatic heterocycles. The highest BCUT2D eigenvalue weighted by molar-refractivity contribution is 5.69. The lowest BCUT2D eigenvalue weighted by Crippen LogP contribution is -2.23. The van der Waals surface area contributed by atoms with Crippen LogP contribution in [-0.4, -0.2) is 82.1 Å². The zero-order chi connectivity index (χ0) is 40.5. The van der Waals surface area contributed by atoms with Crippen LogP contribution < -0.4 is 0 Å². The second-order valence-electron chi connectivity index (χ2n) is 15.6. The molecular formula is C45H85NO9. The molecule has 0 spiro atoms. The lowest BCUT2D eigenvalue weighted by atomic mass is 10.0. The smallest absolute Gasteiger partial charge is 0.466 e. The average molecular weight is 784 g/mol. The van der Waals surface area contributed by atoms with Crippen molar-refractivity contribution < 1.29 is 42.9 Å². The Morgan fingerprint density at radius 2 is 0.764 bits per heavy atom. The van der Waals surface area contributed by atoms with Crippen LogP contribution in [0.5, 0.6) is 0 Å². The van der Waals surface area contributed by atoms with Gasteiger partial charge < -0.3 is 28.6 Å². The minimum Gasteiger partial charge on any atom is -0.466 e. The number of esters is 3. The van der Waals surface area contributed by atoms with E-state index >= 15 is 0 Å². The molecule has 0 aromatic heterocycles. The monoisotopic (exact) mass is 784 g/mol. The molecule has 0 bridgehead atoms. The van der Waals surface area contributed by atoms with Gasteiger partial charge in [0.15, 0.2) is 0 Å². The van der Waals surface area contributed by atoms with E-state index in [4.69, 9.17) is 23.7 Å². The van der Waals surface area contributed by atoms with Crippen molar-refractivity contribution in [2.24, 2.45) is 0 Å². The molecule has 0 rings (SSSR count). The predicted molar refractivity (Wildman–Crippen MR) is 222 cm³/mol. The zero-order valence-corrected chi connectivity index (χ0v) is 36.2. The topological polar surface area (TPSA) is 118 Å². The second kappa shape index (κ2) is 41.3. The molecule has 0 N–H and O–H groups in total. The van der Waals surface area contributed by atoms with Gasteiger partial charge in [-0.25, -0.2) is 4.79 Å². The number of ether oxygens (including phenoxy) is 5. The molecule has 10 nitrogen and oxygen atoms in total. The first-order chi connectivity index (χ1) is 26.8. The Balaban J connectivity index is 4.08. The van der Waals surface area contributed by atoms with E-state index in [9.17, 15) is 19.2 Å². The van der Waals surface area contributed by atoms with Gasteiger partial charge in [-0.15, -0.1) is 0 Å². The first-order valence-electron chi connectivity index (χ1n) is 22.7. The lowest BCUT2D eigenvalue weighted by Gasteiger charge is -2.18. The maximum atomic E-state index is 12.4. The van der Waals surface area contributed by atoms with Crippen molar-refractivity contribution in [3.63, 3.8) is 0 Å². The van der Waals surface area contributed by atoms with Crippen LogP contribution in [0.15, 0.2) is 0 Å². The molecule has 0 aliphatic carbocycles. The summed E-state index contributed by atoms with van der Waals surface area (Å²) >= 11 is 0. The molecule has 55 heavy (non-hydrogen) atoms. The van der Waals surface area contributed by atoms with Crippen molar-refractivity contribution in [2.75, 3.05) is 47.1 Å². The quantitative estimate of drug-likeness (QED) is 0.0337. The number of carbonyl (C=O) groups excluding carboxylic acids is 4. The average Bonchev–Trinajstić information content (AvgIpc) is 3.15. The molecule has 10 heteroatoms. The molecule has 1 atom stereocenters. The van der Waals surface area contributed by atoms with Gasteiger partial charge in [-0.1, -0.05) is 136 Å². The van der Waals surface area contributed by atoms with Crippen LogP contribution in [0.4, 0.5) is 4.79 Å². The summed E-state index contributed by atoms with van der Waals surface area (Å²) in [6.45, 7) is 6.84. The third-order valence-electron chi connectivity index (χ3n) is 9.88. The van der Waals surface area contributed by atoms with Gasteiger partial charge in [0, 0.05) is 32.2 Å². The third kappa shape index (κ3) is 41.1. The van der Waals surface area contributed by atoms with Gasteiger partial charge in [-0.3, -0.25) is 14.4 Å². The highest BCUT2D eigenvalue weighted by Gasteiger charge is 2.17. The number of hydrogen-bond acceptors (Lipinski definition) is 10. The fourth-order valence-electron chi connectivity index (χ4n) is 6.40. The molecular weight excluding hydrogens is 698 g/mol. The maximum Gasteiger partial charge on any atom is 0.508 e. The van der Waals surface area contributed by atoms with Crippen molar-refractivity contribution in [1.29, 1.82) is 0 Å². The number of nitrogens with zero attached hydrogens (tertiary/aromatic N) is 1. The first kappa shape index (κ1) is 52.6. The predicted octanol–water partition coefficient (Wildman–Crippen LogP) is 11.8. The Kier molecular flexibility index (Phi) is 39.5. The summed E-state index contributed by atoms with van der Waals surface area (Å²) in [6, 6.07) is 0. The summed E-state index contributed by atoms with van der Waals surface area (Å²) in [5.41, 5.74) is 0. The number of hydrogen-bond donors (Lipinski definition) is 0. The summed E-state index contributed by atoms with van der Waals surface area (Å²) in [7, 11) is 3.96. The van der Waals surface area contributed by atoms with Crippen LogP contribution in [0.3, 0.4) is 0 Å². The normalized spacial score (nSPS) is 11.7. The standard InChI is InChI=1S/C45H85NO9/c1-5-7-9-11-22-28-37-51-43(48)33-26-20-15-16-21-27-34-44(49)53-40-35-41(55-45(50)54-39-30-36-46(3)4)31-24-19-14-12-13-17-23-29-38-52-42(47)32-25-18-10-8-6-2/h41H,5-40H2,1-4H3. The van der Waals surface area contributed by atoms with Crippen LogP contribution in [0.1, 0.15) is 213 Å². The van der Waals surface area contributed by atoms with Gasteiger partial charge in [-0.2, -0.15) is 0 Å². The SMILES string of the molecule is CCCCCCCCOC(=O)CCCCCCCCC(=O)OCCC(CCCCCCCCCCOC(=O)CCCCCCC)OC(=O)OCCCN(C)C. The number of unbranched alkanes of at least 4 members (excludes halogenated alkanes) is 21. The van der Waals surface area contributed by atoms with Crippen LogP contribution in [-0.2, 0) is 38.1 Å². The second-order valence-corrected chi connectivity index (χ2v) is 15.6. The highest BCUT2D eigenvalue weighted by Crippen LogP contribution is 2.16. The van der Waals surface area contributed by atoms with Crippen LogP contribution >= 0.6 is 0 Å². The van der Waals surface area contributed by atoms with Gasteiger partial charge in [0.05, 0.1) is 26.4 Å². The minimum absolute atomic E-state index is 0.0565. The Bertz CT molecular complexity index is 898. The van der Waals surface area contributed by atoms with E-state index < -0.39 is 6.16 Å². The fraction of sp³-hybridized carbons (Fsp3) is 0.911. The van der Waals surface area contributed by atoms with Crippen LogP contribution in [0.25, 0.3) is 0 Å². The van der Waals surface area contributed by atoms with E-state index in [0.29, 0.717) is 51.9 Å². The van der Waals surface area contributed by atoms with Crippen molar-refractivity contribution in [3.8, 4) is 0 Å². The van der Waals surface area contributed by atoms with E-state index in [2.05, 4.69) is 13.8 Å². The molecule has 0 amide bonds. The van der Waals surface area contributed by atoms with E-state index in [1.165, 1.54) is 44.9 Å². The largest absolute Gasteiger partial charge is 0.508 e. The minimum atomic E-state index is -0.655.